The van der Waals surface area contributed by atoms with Crippen molar-refractivity contribution in [3.8, 4) is 5.75 Å². The van der Waals surface area contributed by atoms with E-state index >= 15 is 0 Å². The number of benzene rings is 1. The summed E-state index contributed by atoms with van der Waals surface area (Å²) in [5, 5.41) is 0.952. The highest BCUT2D eigenvalue weighted by atomic mass is 35.5. The highest BCUT2D eigenvalue weighted by Crippen LogP contribution is 2.22. The van der Waals surface area contributed by atoms with Gasteiger partial charge in [-0.15, -0.1) is 0 Å². The molecule has 0 bridgehead atoms. The van der Waals surface area contributed by atoms with Crippen LogP contribution in [0, 0.1) is 6.92 Å². The monoisotopic (exact) mass is 267 g/mol. The van der Waals surface area contributed by atoms with Gasteiger partial charge in [-0.05, 0) is 24.6 Å². The van der Waals surface area contributed by atoms with Gasteiger partial charge >= 0.3 is 0 Å². The summed E-state index contributed by atoms with van der Waals surface area (Å²) < 4.78 is 5.68. The lowest BCUT2D eigenvalue weighted by atomic mass is 10.2. The number of nitrogens with zero attached hydrogens (tertiary/aromatic N) is 1. The number of aryl methyl sites for hydroxylation is 1. The molecule has 0 saturated carbocycles. The van der Waals surface area contributed by atoms with E-state index in [1.165, 1.54) is 0 Å². The summed E-state index contributed by atoms with van der Waals surface area (Å²) >= 11 is 11.8. The van der Waals surface area contributed by atoms with Gasteiger partial charge in [0.25, 0.3) is 0 Å². The maximum absolute atomic E-state index is 6.03. The van der Waals surface area contributed by atoms with Gasteiger partial charge in [-0.1, -0.05) is 41.4 Å². The van der Waals surface area contributed by atoms with Gasteiger partial charge in [-0.3, -0.25) is 0 Å². The molecule has 2 rings (SSSR count). The van der Waals surface area contributed by atoms with Crippen LogP contribution in [-0.4, -0.2) is 4.98 Å². The first-order valence-corrected chi connectivity index (χ1v) is 5.91. The average Bonchev–Trinajstić information content (AvgIpc) is 2.30. The van der Waals surface area contributed by atoms with Gasteiger partial charge in [0.15, 0.2) is 0 Å². The fraction of sp³-hybridized carbons (Fsp3) is 0.154. The van der Waals surface area contributed by atoms with E-state index in [9.17, 15) is 0 Å². The largest absolute Gasteiger partial charge is 0.489 e. The Kier molecular flexibility index (Phi) is 3.87. The Morgan fingerprint density at radius 1 is 1.24 bits per heavy atom. The number of aromatic nitrogens is 1. The van der Waals surface area contributed by atoms with E-state index in [1.54, 1.807) is 12.3 Å². The minimum atomic E-state index is 0.383. The van der Waals surface area contributed by atoms with Crippen molar-refractivity contribution in [2.45, 2.75) is 13.5 Å². The lowest BCUT2D eigenvalue weighted by Crippen LogP contribution is -1.98. The molecule has 2 aromatic rings. The molecule has 88 valence electrons. The third-order valence-corrected chi connectivity index (χ3v) is 2.93. The summed E-state index contributed by atoms with van der Waals surface area (Å²) in [4.78, 5) is 3.98. The summed E-state index contributed by atoms with van der Waals surface area (Å²) in [6, 6.07) is 9.44. The van der Waals surface area contributed by atoms with Crippen molar-refractivity contribution in [3.05, 3.63) is 57.8 Å². The van der Waals surface area contributed by atoms with Crippen LogP contribution in [-0.2, 0) is 6.61 Å². The molecule has 0 saturated heterocycles. The Balaban J connectivity index is 2.10. The Morgan fingerprint density at radius 3 is 2.71 bits per heavy atom. The number of rotatable bonds is 3. The SMILES string of the molecule is Cc1ccccc1OCc1cnc(Cl)cc1Cl. The number of hydrogen-bond acceptors (Lipinski definition) is 2. The molecule has 0 radical (unpaired) electrons. The predicted molar refractivity (Wildman–Crippen MR) is 69.8 cm³/mol. The highest BCUT2D eigenvalue weighted by molar-refractivity contribution is 6.34. The first kappa shape index (κ1) is 12.2. The second-order valence-corrected chi connectivity index (χ2v) is 4.45. The Hall–Kier alpha value is -1.25. The number of hydrogen-bond donors (Lipinski definition) is 0. The molecule has 1 aromatic heterocycles. The smallest absolute Gasteiger partial charge is 0.130 e. The van der Waals surface area contributed by atoms with Crippen molar-refractivity contribution in [3.63, 3.8) is 0 Å². The van der Waals surface area contributed by atoms with Gasteiger partial charge in [0, 0.05) is 11.8 Å². The summed E-state index contributed by atoms with van der Waals surface area (Å²) in [6.07, 6.45) is 1.63. The second kappa shape index (κ2) is 5.39. The first-order valence-electron chi connectivity index (χ1n) is 5.15. The maximum Gasteiger partial charge on any atom is 0.130 e. The van der Waals surface area contributed by atoms with Crippen molar-refractivity contribution in [2.75, 3.05) is 0 Å². The normalized spacial score (nSPS) is 10.3. The molecule has 0 amide bonds. The average molecular weight is 268 g/mol. The van der Waals surface area contributed by atoms with Gasteiger partial charge in [0.05, 0.1) is 5.02 Å². The molecule has 0 unspecified atom stereocenters. The van der Waals surface area contributed by atoms with Crippen LogP contribution >= 0.6 is 23.2 Å². The molecule has 0 atom stereocenters. The van der Waals surface area contributed by atoms with E-state index in [0.29, 0.717) is 16.8 Å². The van der Waals surface area contributed by atoms with Gasteiger partial charge in [-0.25, -0.2) is 4.98 Å². The summed E-state index contributed by atoms with van der Waals surface area (Å²) in [6.45, 7) is 2.38. The maximum atomic E-state index is 6.03. The lowest BCUT2D eigenvalue weighted by Gasteiger charge is -2.09. The van der Waals surface area contributed by atoms with Crippen LogP contribution in [0.25, 0.3) is 0 Å². The van der Waals surface area contributed by atoms with E-state index in [1.807, 2.05) is 31.2 Å². The van der Waals surface area contributed by atoms with Crippen LogP contribution in [0.2, 0.25) is 10.2 Å². The second-order valence-electron chi connectivity index (χ2n) is 3.65. The van der Waals surface area contributed by atoms with Gasteiger partial charge < -0.3 is 4.74 Å². The van der Waals surface area contributed by atoms with Gasteiger partial charge in [-0.2, -0.15) is 0 Å². The Bertz CT molecular complexity index is 529. The number of pyridine rings is 1. The fourth-order valence-corrected chi connectivity index (χ4v) is 1.84. The molecule has 4 heteroatoms. The van der Waals surface area contributed by atoms with Gasteiger partial charge in [0.2, 0.25) is 0 Å². The van der Waals surface area contributed by atoms with Crippen LogP contribution < -0.4 is 4.74 Å². The minimum absolute atomic E-state index is 0.383. The standard InChI is InChI=1S/C13H11Cl2NO/c1-9-4-2-3-5-12(9)17-8-10-7-16-13(15)6-11(10)14/h2-7H,8H2,1H3. The molecular weight excluding hydrogens is 257 g/mol. The topological polar surface area (TPSA) is 22.1 Å². The molecular formula is C13H11Cl2NO. The zero-order chi connectivity index (χ0) is 12.3. The van der Waals surface area contributed by atoms with E-state index in [0.717, 1.165) is 16.9 Å². The van der Waals surface area contributed by atoms with Crippen LogP contribution in [0.15, 0.2) is 36.5 Å². The zero-order valence-electron chi connectivity index (χ0n) is 9.28. The third-order valence-electron chi connectivity index (χ3n) is 2.37. The molecule has 17 heavy (non-hydrogen) atoms. The quantitative estimate of drug-likeness (QED) is 0.775. The molecule has 0 fully saturated rings. The van der Waals surface area contributed by atoms with Crippen LogP contribution in [0.3, 0.4) is 0 Å². The first-order chi connectivity index (χ1) is 8.16. The molecule has 1 aromatic carbocycles. The van der Waals surface area contributed by atoms with Gasteiger partial charge in [0.1, 0.15) is 17.5 Å². The summed E-state index contributed by atoms with van der Waals surface area (Å²) in [7, 11) is 0. The van der Waals surface area contributed by atoms with E-state index in [2.05, 4.69) is 4.98 Å². The summed E-state index contributed by atoms with van der Waals surface area (Å²) in [5.41, 5.74) is 1.91. The van der Waals surface area contributed by atoms with E-state index < -0.39 is 0 Å². The van der Waals surface area contributed by atoms with E-state index in [4.69, 9.17) is 27.9 Å². The van der Waals surface area contributed by atoms with E-state index in [-0.39, 0.29) is 0 Å². The number of para-hydroxylation sites is 1. The highest BCUT2D eigenvalue weighted by Gasteiger charge is 2.04. The summed E-state index contributed by atoms with van der Waals surface area (Å²) in [5.74, 6) is 0.846. The lowest BCUT2D eigenvalue weighted by molar-refractivity contribution is 0.304. The molecule has 2 nitrogen and oxygen atoms in total. The molecule has 1 heterocycles. The van der Waals surface area contributed by atoms with Crippen LogP contribution in [0.5, 0.6) is 5.75 Å². The number of halogens is 2. The number of ether oxygens (including phenoxy) is 1. The van der Waals surface area contributed by atoms with Crippen molar-refractivity contribution in [1.82, 2.24) is 4.98 Å². The molecule has 0 aliphatic carbocycles. The third kappa shape index (κ3) is 3.11. The van der Waals surface area contributed by atoms with Crippen molar-refractivity contribution < 1.29 is 4.74 Å². The fourth-order valence-electron chi connectivity index (χ4n) is 1.42. The predicted octanol–water partition coefficient (Wildman–Crippen LogP) is 4.28. The van der Waals surface area contributed by atoms with Crippen LogP contribution in [0.4, 0.5) is 0 Å². The molecule has 0 aliphatic rings. The Labute approximate surface area is 110 Å². The minimum Gasteiger partial charge on any atom is -0.489 e. The molecule has 0 aliphatic heterocycles. The Morgan fingerprint density at radius 2 is 2.00 bits per heavy atom. The van der Waals surface area contributed by atoms with Crippen molar-refractivity contribution >= 4 is 23.2 Å². The molecule has 0 spiro atoms. The molecule has 0 N–H and O–H groups in total. The van der Waals surface area contributed by atoms with Crippen molar-refractivity contribution in [1.29, 1.82) is 0 Å². The van der Waals surface area contributed by atoms with Crippen molar-refractivity contribution in [2.24, 2.45) is 0 Å². The zero-order valence-corrected chi connectivity index (χ0v) is 10.8. The van der Waals surface area contributed by atoms with Crippen LogP contribution in [0.1, 0.15) is 11.1 Å².